The topological polar surface area (TPSA) is 101 Å². The highest BCUT2D eigenvalue weighted by Crippen LogP contribution is 2.43. The lowest BCUT2D eigenvalue weighted by Crippen LogP contribution is -3.06. The number of fused-ring (bicyclic) bond motifs is 1. The summed E-state index contributed by atoms with van der Waals surface area (Å²) >= 11 is 3.30. The molecular formula is C24H24BrN2O6+. The number of furan rings is 1. The van der Waals surface area contributed by atoms with Crippen molar-refractivity contribution < 1.29 is 33.5 Å². The van der Waals surface area contributed by atoms with Crippen LogP contribution in [0.25, 0.3) is 11.0 Å². The highest BCUT2D eigenvalue weighted by molar-refractivity contribution is 9.10. The zero-order valence-electron chi connectivity index (χ0n) is 18.4. The summed E-state index contributed by atoms with van der Waals surface area (Å²) in [5, 5.41) is 11.0. The number of amides is 1. The first kappa shape index (κ1) is 23.0. The second-order valence-electron chi connectivity index (χ2n) is 8.31. The van der Waals surface area contributed by atoms with Crippen LogP contribution in [-0.2, 0) is 9.59 Å². The number of likely N-dealkylation sites (tertiary alicyclic amines) is 1. The molecule has 172 valence electrons. The van der Waals surface area contributed by atoms with Crippen LogP contribution in [0.1, 0.15) is 22.2 Å². The Morgan fingerprint density at radius 2 is 1.94 bits per heavy atom. The number of quaternary nitrogens is 1. The van der Waals surface area contributed by atoms with Gasteiger partial charge in [0, 0.05) is 5.39 Å². The number of ether oxygens (including phenoxy) is 1. The molecule has 1 amide bonds. The molecule has 33 heavy (non-hydrogen) atoms. The molecule has 0 aliphatic carbocycles. The lowest BCUT2D eigenvalue weighted by molar-refractivity contribution is -0.857. The van der Waals surface area contributed by atoms with Crippen LogP contribution < -0.4 is 9.64 Å². The van der Waals surface area contributed by atoms with Gasteiger partial charge in [-0.05, 0) is 45.8 Å². The van der Waals surface area contributed by atoms with E-state index in [1.54, 1.807) is 30.3 Å². The average Bonchev–Trinajstić information content (AvgIpc) is 3.33. The molecule has 9 heteroatoms. The van der Waals surface area contributed by atoms with E-state index in [4.69, 9.17) is 9.15 Å². The number of phenolic OH excluding ortho intramolecular Hbond substituents is 1. The van der Waals surface area contributed by atoms with Crippen molar-refractivity contribution in [3.8, 4) is 11.5 Å². The number of likely N-dealkylation sites (N-methyl/N-ethyl adjacent to an activating group) is 1. The summed E-state index contributed by atoms with van der Waals surface area (Å²) in [4.78, 5) is 42.2. The standard InChI is InChI=1S/C24H23BrN2O6/c1-26(2)8-9-27-20(14-10-15(25)21(28)17(12-14)32-3)19(23(30)24(27)31)22(29)18-11-13-6-4-5-7-16(13)33-18/h4-7,10-12,19-20,28H,8-9H2,1-3H3/p+1. The molecule has 8 nitrogen and oxygen atoms in total. The number of rotatable bonds is 7. The molecular weight excluding hydrogens is 492 g/mol. The fraction of sp³-hybridized carbons (Fsp3) is 0.292. The number of Topliss-reactive ketones (excluding diaryl/α,β-unsaturated/α-hetero) is 2. The predicted molar refractivity (Wildman–Crippen MR) is 124 cm³/mol. The van der Waals surface area contributed by atoms with Gasteiger partial charge in [0.2, 0.25) is 11.6 Å². The van der Waals surface area contributed by atoms with Crippen LogP contribution in [0.5, 0.6) is 11.5 Å². The number of nitrogens with zero attached hydrogens (tertiary/aromatic N) is 1. The average molecular weight is 516 g/mol. The number of phenols is 1. The number of aromatic hydroxyl groups is 1. The van der Waals surface area contributed by atoms with Crippen molar-refractivity contribution in [2.75, 3.05) is 34.3 Å². The van der Waals surface area contributed by atoms with Gasteiger partial charge in [-0.15, -0.1) is 0 Å². The molecule has 2 heterocycles. The van der Waals surface area contributed by atoms with Crippen LogP contribution in [-0.4, -0.2) is 61.8 Å². The van der Waals surface area contributed by atoms with Crippen molar-refractivity contribution in [1.29, 1.82) is 0 Å². The molecule has 3 aromatic rings. The van der Waals surface area contributed by atoms with Gasteiger partial charge in [-0.3, -0.25) is 14.4 Å². The van der Waals surface area contributed by atoms with Crippen molar-refractivity contribution in [1.82, 2.24) is 4.90 Å². The molecule has 4 rings (SSSR count). The zero-order valence-corrected chi connectivity index (χ0v) is 20.0. The Morgan fingerprint density at radius 1 is 1.21 bits per heavy atom. The SMILES string of the molecule is COc1cc(C2C(C(=O)c3cc4ccccc4o3)C(=O)C(=O)N2CC[NH+](C)C)cc(Br)c1O. The van der Waals surface area contributed by atoms with Gasteiger partial charge in [0.25, 0.3) is 5.91 Å². The third-order valence-corrected chi connectivity index (χ3v) is 6.43. The lowest BCUT2D eigenvalue weighted by atomic mass is 9.88. The lowest BCUT2D eigenvalue weighted by Gasteiger charge is -2.27. The molecule has 2 unspecified atom stereocenters. The summed E-state index contributed by atoms with van der Waals surface area (Å²) in [5.41, 5.74) is 1.02. The van der Waals surface area contributed by atoms with Gasteiger partial charge in [-0.1, -0.05) is 18.2 Å². The smallest absolute Gasteiger partial charge is 0.291 e. The van der Waals surface area contributed by atoms with Crippen LogP contribution >= 0.6 is 15.9 Å². The van der Waals surface area contributed by atoms with Gasteiger partial charge < -0.3 is 24.1 Å². The first-order chi connectivity index (χ1) is 15.7. The van der Waals surface area contributed by atoms with Gasteiger partial charge in [-0.25, -0.2) is 0 Å². The van der Waals surface area contributed by atoms with E-state index in [0.29, 0.717) is 22.2 Å². The molecule has 2 atom stereocenters. The minimum atomic E-state index is -1.28. The number of nitrogens with one attached hydrogen (secondary N) is 1. The van der Waals surface area contributed by atoms with E-state index in [-0.39, 0.29) is 23.8 Å². The minimum Gasteiger partial charge on any atom is -0.503 e. The Labute approximate surface area is 198 Å². The fourth-order valence-electron chi connectivity index (χ4n) is 4.12. The first-order valence-corrected chi connectivity index (χ1v) is 11.2. The number of carbonyl (C=O) groups is 3. The maximum atomic E-state index is 13.6. The van der Waals surface area contributed by atoms with Crippen molar-refractivity contribution in [3.63, 3.8) is 0 Å². The zero-order chi connectivity index (χ0) is 23.9. The van der Waals surface area contributed by atoms with Crippen molar-refractivity contribution in [2.24, 2.45) is 5.92 Å². The third kappa shape index (κ3) is 4.14. The molecule has 0 saturated carbocycles. The number of ketones is 2. The van der Waals surface area contributed by atoms with Crippen molar-refractivity contribution >= 4 is 44.4 Å². The second-order valence-corrected chi connectivity index (χ2v) is 9.16. The van der Waals surface area contributed by atoms with Gasteiger partial charge in [0.15, 0.2) is 17.3 Å². The molecule has 0 radical (unpaired) electrons. The number of halogens is 1. The summed E-state index contributed by atoms with van der Waals surface area (Å²) in [5.74, 6) is -3.24. The number of para-hydroxylation sites is 1. The summed E-state index contributed by atoms with van der Waals surface area (Å²) in [7, 11) is 5.28. The van der Waals surface area contributed by atoms with E-state index in [1.165, 1.54) is 12.0 Å². The molecule has 1 aliphatic rings. The van der Waals surface area contributed by atoms with Crippen LogP contribution in [0.3, 0.4) is 0 Å². The Morgan fingerprint density at radius 3 is 2.61 bits per heavy atom. The summed E-state index contributed by atoms with van der Waals surface area (Å²) in [6.45, 7) is 0.861. The quantitative estimate of drug-likeness (QED) is 0.283. The molecule has 1 fully saturated rings. The minimum absolute atomic E-state index is 0.0252. The molecule has 0 spiro atoms. The van der Waals surface area contributed by atoms with E-state index in [9.17, 15) is 19.5 Å². The Bertz CT molecular complexity index is 1220. The Balaban J connectivity index is 1.82. The predicted octanol–water partition coefficient (Wildman–Crippen LogP) is 2.01. The summed E-state index contributed by atoms with van der Waals surface area (Å²) in [6, 6.07) is 11.0. The van der Waals surface area contributed by atoms with Gasteiger partial charge >= 0.3 is 0 Å². The summed E-state index contributed by atoms with van der Waals surface area (Å²) < 4.78 is 11.3. The van der Waals surface area contributed by atoms with E-state index in [1.807, 2.05) is 26.2 Å². The van der Waals surface area contributed by atoms with Crippen molar-refractivity contribution in [2.45, 2.75) is 6.04 Å². The van der Waals surface area contributed by atoms with Crippen LogP contribution in [0, 0.1) is 5.92 Å². The highest BCUT2D eigenvalue weighted by Gasteiger charge is 2.52. The van der Waals surface area contributed by atoms with Crippen LogP contribution in [0.4, 0.5) is 0 Å². The Kier molecular flexibility index (Phi) is 6.27. The maximum absolute atomic E-state index is 13.6. The van der Waals surface area contributed by atoms with E-state index < -0.39 is 29.4 Å². The molecule has 1 aliphatic heterocycles. The third-order valence-electron chi connectivity index (χ3n) is 5.82. The van der Waals surface area contributed by atoms with E-state index in [2.05, 4.69) is 15.9 Å². The molecule has 0 bridgehead atoms. The first-order valence-electron chi connectivity index (χ1n) is 10.5. The van der Waals surface area contributed by atoms with Gasteiger partial charge in [-0.2, -0.15) is 0 Å². The number of hydrogen-bond acceptors (Lipinski definition) is 6. The maximum Gasteiger partial charge on any atom is 0.291 e. The van der Waals surface area contributed by atoms with Crippen molar-refractivity contribution in [3.05, 3.63) is 58.3 Å². The molecule has 2 N–H and O–H groups in total. The van der Waals surface area contributed by atoms with Gasteiger partial charge in [0.1, 0.15) is 11.5 Å². The number of hydrogen-bond donors (Lipinski definition) is 2. The largest absolute Gasteiger partial charge is 0.503 e. The van der Waals surface area contributed by atoms with E-state index in [0.717, 1.165) is 10.3 Å². The van der Waals surface area contributed by atoms with Gasteiger partial charge in [0.05, 0.1) is 44.8 Å². The molecule has 1 aromatic heterocycles. The summed E-state index contributed by atoms with van der Waals surface area (Å²) in [6.07, 6.45) is 0. The number of carbonyl (C=O) groups excluding carboxylic acids is 3. The molecule has 2 aromatic carbocycles. The molecule has 1 saturated heterocycles. The monoisotopic (exact) mass is 515 g/mol. The number of benzene rings is 2. The normalized spacial score (nSPS) is 18.5. The second kappa shape index (κ2) is 8.99. The van der Waals surface area contributed by atoms with E-state index >= 15 is 0 Å². The van der Waals surface area contributed by atoms with Crippen LogP contribution in [0.2, 0.25) is 0 Å². The highest BCUT2D eigenvalue weighted by atomic mass is 79.9. The van der Waals surface area contributed by atoms with Crippen LogP contribution in [0.15, 0.2) is 51.4 Å². The Hall–Kier alpha value is -3.17. The number of methoxy groups -OCH3 is 1. The fourth-order valence-corrected chi connectivity index (χ4v) is 4.58.